The van der Waals surface area contributed by atoms with Crippen LogP contribution in [0.5, 0.6) is 0 Å². The lowest BCUT2D eigenvalue weighted by atomic mass is 9.94. The molecule has 6 aromatic carbocycles. The molecule has 0 aromatic heterocycles. The van der Waals surface area contributed by atoms with Crippen LogP contribution in [0, 0.1) is 60.7 Å². The van der Waals surface area contributed by atoms with Crippen LogP contribution in [0.15, 0.2) is 109 Å². The molecule has 0 saturated carbocycles. The van der Waals surface area contributed by atoms with Gasteiger partial charge in [-0.25, -0.2) is 9.59 Å². The van der Waals surface area contributed by atoms with E-state index in [1.54, 1.807) is 12.1 Å². The van der Waals surface area contributed by atoms with Gasteiger partial charge >= 0.3 is 11.9 Å². The number of nitrogens with zero attached hydrogens (tertiary/aromatic N) is 6. The third kappa shape index (κ3) is 13.3. The summed E-state index contributed by atoms with van der Waals surface area (Å²) < 4.78 is 0. The van der Waals surface area contributed by atoms with E-state index in [-0.39, 0.29) is 41.3 Å². The van der Waals surface area contributed by atoms with Crippen LogP contribution in [-0.2, 0) is 23.9 Å². The maximum absolute atomic E-state index is 11.3. The Balaban J connectivity index is 0.000000272. The number of carbonyl (C=O) groups is 2. The summed E-state index contributed by atoms with van der Waals surface area (Å²) in [5.74, 6) is -2.99. The van der Waals surface area contributed by atoms with Crippen molar-refractivity contribution in [2.75, 3.05) is 0 Å². The first kappa shape index (κ1) is 54.9. The average molecular weight is 1080 g/mol. The van der Waals surface area contributed by atoms with Crippen molar-refractivity contribution >= 4 is 77.9 Å². The van der Waals surface area contributed by atoms with E-state index in [1.807, 2.05) is 0 Å². The summed E-state index contributed by atoms with van der Waals surface area (Å²) in [6.07, 6.45) is 0. The van der Waals surface area contributed by atoms with Gasteiger partial charge in [-0.3, -0.25) is 60.7 Å². The maximum atomic E-state index is 11.3. The van der Waals surface area contributed by atoms with Crippen LogP contribution in [0.25, 0.3) is 33.4 Å². The Kier molecular flexibility index (Phi) is 19.4. The molecule has 69 heavy (non-hydrogen) atoms. The second-order valence-electron chi connectivity index (χ2n) is 13.6. The molecular weight excluding hydrogens is 1050 g/mol. The molecule has 0 aliphatic heterocycles. The number of alkyl halides is 2. The third-order valence-electron chi connectivity index (χ3n) is 9.59. The molecular formula is C43H34Br2N6O18. The van der Waals surface area contributed by atoms with E-state index in [0.717, 1.165) is 58.7 Å². The van der Waals surface area contributed by atoms with Gasteiger partial charge in [0.25, 0.3) is 34.1 Å². The number of halogens is 2. The number of non-ortho nitro benzene ring substituents is 6. The summed E-state index contributed by atoms with van der Waals surface area (Å²) in [5, 5.41) is 103. The van der Waals surface area contributed by atoms with Gasteiger partial charge in [0.2, 0.25) is 0 Å². The number of benzene rings is 6. The number of carboxylic acid groups (broad SMARTS) is 2. The van der Waals surface area contributed by atoms with E-state index in [0.29, 0.717) is 32.9 Å². The Morgan fingerprint density at radius 1 is 0.377 bits per heavy atom. The van der Waals surface area contributed by atoms with Crippen LogP contribution in [0.1, 0.15) is 50.4 Å². The first-order chi connectivity index (χ1) is 32.2. The van der Waals surface area contributed by atoms with E-state index in [2.05, 4.69) is 31.9 Å². The fourth-order valence-corrected chi connectivity index (χ4v) is 7.35. The van der Waals surface area contributed by atoms with E-state index in [1.165, 1.54) is 60.7 Å². The van der Waals surface area contributed by atoms with Gasteiger partial charge in [0.1, 0.15) is 0 Å². The monoisotopic (exact) mass is 1080 g/mol. The number of rotatable bonds is 15. The SMILES string of the molecule is C.O=C(O)c1cc([N+](=O)[O-])ccc1-c1ccc([N+](=O)[O-])cc1C(=O)O.O=[N+]([O-])c1ccc(-c2ccc([N+](=O)[O-])cc2CBr)c(CBr)c1.O=[N+]([O-])c1ccc(-c2ccc([N+](=O)[O-])cc2CO)c(CO)c1. The fourth-order valence-electron chi connectivity index (χ4n) is 6.42. The minimum absolute atomic E-state index is 0. The molecule has 6 aromatic rings. The van der Waals surface area contributed by atoms with Gasteiger partial charge in [0.05, 0.1) is 53.9 Å². The number of nitro groups is 6. The lowest BCUT2D eigenvalue weighted by molar-refractivity contribution is -0.385. The van der Waals surface area contributed by atoms with E-state index in [4.69, 9.17) is 0 Å². The molecule has 24 nitrogen and oxygen atoms in total. The van der Waals surface area contributed by atoms with Gasteiger partial charge in [-0.15, -0.1) is 0 Å². The van der Waals surface area contributed by atoms with Crippen molar-refractivity contribution in [3.8, 4) is 33.4 Å². The van der Waals surface area contributed by atoms with Gasteiger partial charge in [0.15, 0.2) is 0 Å². The number of carboxylic acids is 2. The van der Waals surface area contributed by atoms with Crippen molar-refractivity contribution in [2.24, 2.45) is 0 Å². The minimum Gasteiger partial charge on any atom is -0.478 e. The molecule has 6 rings (SSSR count). The molecule has 0 bridgehead atoms. The number of nitro benzene ring substituents is 6. The highest BCUT2D eigenvalue weighted by Crippen LogP contribution is 2.36. The second-order valence-corrected chi connectivity index (χ2v) is 14.7. The van der Waals surface area contributed by atoms with E-state index < -0.39 is 77.2 Å². The van der Waals surface area contributed by atoms with Crippen LogP contribution >= 0.6 is 31.9 Å². The van der Waals surface area contributed by atoms with Crippen molar-refractivity contribution in [3.05, 3.63) is 203 Å². The summed E-state index contributed by atoms with van der Waals surface area (Å²) in [4.78, 5) is 83.9. The van der Waals surface area contributed by atoms with Crippen molar-refractivity contribution in [3.63, 3.8) is 0 Å². The minimum atomic E-state index is -1.50. The number of aromatic carboxylic acids is 2. The van der Waals surface area contributed by atoms with Crippen LogP contribution in [0.2, 0.25) is 0 Å². The Hall–Kier alpha value is -8.46. The Morgan fingerprint density at radius 3 is 0.783 bits per heavy atom. The van der Waals surface area contributed by atoms with Crippen molar-refractivity contribution in [1.82, 2.24) is 0 Å². The molecule has 0 atom stereocenters. The smallest absolute Gasteiger partial charge is 0.336 e. The van der Waals surface area contributed by atoms with Gasteiger partial charge < -0.3 is 20.4 Å². The molecule has 0 radical (unpaired) electrons. The Labute approximate surface area is 403 Å². The predicted octanol–water partition coefficient (Wildman–Crippen LogP) is 10.3. The third-order valence-corrected chi connectivity index (χ3v) is 10.8. The molecule has 0 heterocycles. The first-order valence-corrected chi connectivity index (χ1v) is 20.9. The summed E-state index contributed by atoms with van der Waals surface area (Å²) in [5.41, 5.74) is 2.28. The normalized spacial score (nSPS) is 10.2. The highest BCUT2D eigenvalue weighted by molar-refractivity contribution is 9.08. The summed E-state index contributed by atoms with van der Waals surface area (Å²) in [6, 6.07) is 22.9. The average Bonchev–Trinajstić information content (AvgIpc) is 3.32. The second kappa shape index (κ2) is 24.3. The van der Waals surface area contributed by atoms with E-state index >= 15 is 0 Å². The quantitative estimate of drug-likeness (QED) is 0.0422. The molecule has 0 saturated heterocycles. The Bertz CT molecular complexity index is 2700. The highest BCUT2D eigenvalue weighted by Gasteiger charge is 2.24. The molecule has 0 amide bonds. The number of aliphatic hydroxyl groups excluding tert-OH is 2. The molecule has 0 spiro atoms. The fraction of sp³-hybridized carbons (Fsp3) is 0.116. The summed E-state index contributed by atoms with van der Waals surface area (Å²) in [7, 11) is 0. The largest absolute Gasteiger partial charge is 0.478 e. The highest BCUT2D eigenvalue weighted by atomic mass is 79.9. The zero-order valence-corrected chi connectivity index (χ0v) is 37.3. The molecule has 358 valence electrons. The van der Waals surface area contributed by atoms with Gasteiger partial charge in [-0.2, -0.15) is 0 Å². The van der Waals surface area contributed by atoms with Crippen LogP contribution in [0.4, 0.5) is 34.1 Å². The van der Waals surface area contributed by atoms with Crippen LogP contribution in [-0.4, -0.2) is 61.9 Å². The zero-order chi connectivity index (χ0) is 50.6. The number of aliphatic hydroxyl groups is 2. The topological polar surface area (TPSA) is 374 Å². The summed E-state index contributed by atoms with van der Waals surface area (Å²) in [6.45, 7) is -0.863. The lowest BCUT2D eigenvalue weighted by Crippen LogP contribution is -2.06. The van der Waals surface area contributed by atoms with Gasteiger partial charge in [-0.05, 0) is 92.0 Å². The van der Waals surface area contributed by atoms with Crippen LogP contribution < -0.4 is 0 Å². The standard InChI is InChI=1S/C14H10Br2N2O4.C14H8N2O8.C14H12N2O6.CH4/c15-7-9-5-11(17(19)20)1-3-13(9)14-4-2-12(18(21)22)6-10(14)8-16;17-13(18)11-5-7(15(21)22)1-3-9(11)10-4-2-8(16(23)24)6-12(10)14(19)20;17-7-9-5-11(15(19)20)1-3-13(9)14-4-2-12(16(21)22)6-10(14)8-18;/h1-6H,7-8H2;1-6H,(H,17,18)(H,19,20);1-6,17-18H,7-8H2;1H4. The van der Waals surface area contributed by atoms with Crippen molar-refractivity contribution in [1.29, 1.82) is 0 Å². The van der Waals surface area contributed by atoms with Crippen molar-refractivity contribution < 1.29 is 59.6 Å². The number of hydrogen-bond acceptors (Lipinski definition) is 16. The molecule has 0 aliphatic carbocycles. The zero-order valence-electron chi connectivity index (χ0n) is 34.2. The molecule has 0 unspecified atom stereocenters. The maximum Gasteiger partial charge on any atom is 0.336 e. The van der Waals surface area contributed by atoms with Gasteiger partial charge in [0, 0.05) is 83.5 Å². The molecule has 0 aliphatic rings. The van der Waals surface area contributed by atoms with Crippen molar-refractivity contribution in [2.45, 2.75) is 31.3 Å². The molecule has 4 N–H and O–H groups in total. The molecule has 26 heteroatoms. The Morgan fingerprint density at radius 2 is 0.580 bits per heavy atom. The predicted molar refractivity (Wildman–Crippen MR) is 253 cm³/mol. The molecule has 0 fully saturated rings. The lowest BCUT2D eigenvalue weighted by Gasteiger charge is -2.11. The number of hydrogen-bond donors (Lipinski definition) is 4. The van der Waals surface area contributed by atoms with Crippen LogP contribution in [0.3, 0.4) is 0 Å². The van der Waals surface area contributed by atoms with Gasteiger partial charge in [-0.1, -0.05) is 39.3 Å². The summed E-state index contributed by atoms with van der Waals surface area (Å²) >= 11 is 6.66. The first-order valence-electron chi connectivity index (χ1n) is 18.6. The van der Waals surface area contributed by atoms with E-state index in [9.17, 15) is 90.7 Å².